The maximum atomic E-state index is 12.6. The van der Waals surface area contributed by atoms with Gasteiger partial charge in [0.15, 0.2) is 0 Å². The molecule has 3 aromatic rings. The van der Waals surface area contributed by atoms with Crippen molar-refractivity contribution >= 4 is 29.0 Å². The normalized spacial score (nSPS) is 10.0. The van der Waals surface area contributed by atoms with Crippen molar-refractivity contribution in [2.45, 2.75) is 6.92 Å². The SMILES string of the molecule is Cc1ccncc1NC(=O)c1ccncc1NC(=O)Nc1ccccc1. The number of benzene rings is 1. The van der Waals surface area contributed by atoms with Crippen molar-refractivity contribution in [2.24, 2.45) is 0 Å². The molecule has 130 valence electrons. The van der Waals surface area contributed by atoms with Crippen LogP contribution in [0.5, 0.6) is 0 Å². The molecule has 0 spiro atoms. The van der Waals surface area contributed by atoms with Crippen LogP contribution in [0.2, 0.25) is 0 Å². The highest BCUT2D eigenvalue weighted by molar-refractivity contribution is 6.11. The van der Waals surface area contributed by atoms with E-state index in [9.17, 15) is 9.59 Å². The minimum absolute atomic E-state index is 0.298. The van der Waals surface area contributed by atoms with Crippen molar-refractivity contribution in [3.8, 4) is 0 Å². The molecule has 0 saturated carbocycles. The van der Waals surface area contributed by atoms with Crippen LogP contribution in [0.1, 0.15) is 15.9 Å². The maximum absolute atomic E-state index is 12.6. The van der Waals surface area contributed by atoms with Gasteiger partial charge in [0.2, 0.25) is 0 Å². The van der Waals surface area contributed by atoms with Gasteiger partial charge in [-0.3, -0.25) is 14.8 Å². The Morgan fingerprint density at radius 1 is 0.808 bits per heavy atom. The first-order valence-corrected chi connectivity index (χ1v) is 7.92. The minimum Gasteiger partial charge on any atom is -0.320 e. The number of amides is 3. The molecule has 0 fully saturated rings. The summed E-state index contributed by atoms with van der Waals surface area (Å²) < 4.78 is 0. The van der Waals surface area contributed by atoms with Crippen molar-refractivity contribution in [1.82, 2.24) is 9.97 Å². The van der Waals surface area contributed by atoms with Crippen LogP contribution in [-0.4, -0.2) is 21.9 Å². The third kappa shape index (κ3) is 4.21. The number of rotatable bonds is 4. The van der Waals surface area contributed by atoms with E-state index in [1.54, 1.807) is 36.7 Å². The molecular formula is C19H17N5O2. The molecule has 3 amide bonds. The van der Waals surface area contributed by atoms with Gasteiger partial charge in [-0.15, -0.1) is 0 Å². The predicted octanol–water partition coefficient (Wildman–Crippen LogP) is 3.68. The van der Waals surface area contributed by atoms with Crippen LogP contribution in [0.15, 0.2) is 67.3 Å². The highest BCUT2D eigenvalue weighted by atomic mass is 16.2. The molecule has 7 heteroatoms. The molecule has 2 aromatic heterocycles. The summed E-state index contributed by atoms with van der Waals surface area (Å²) in [6.45, 7) is 1.87. The summed E-state index contributed by atoms with van der Waals surface area (Å²) in [5.74, 6) is -0.362. The van der Waals surface area contributed by atoms with E-state index in [1.807, 2.05) is 25.1 Å². The molecule has 26 heavy (non-hydrogen) atoms. The molecule has 2 heterocycles. The fourth-order valence-corrected chi connectivity index (χ4v) is 2.28. The topological polar surface area (TPSA) is 96.0 Å². The standard InChI is InChI=1S/C19H17N5O2/c1-13-7-9-20-11-16(13)23-18(25)15-8-10-21-12-17(15)24-19(26)22-14-5-3-2-4-6-14/h2-12H,1H3,(H,23,25)(H2,22,24,26). The monoisotopic (exact) mass is 347 g/mol. The number of pyridine rings is 2. The number of aromatic nitrogens is 2. The number of para-hydroxylation sites is 1. The van der Waals surface area contributed by atoms with Gasteiger partial charge in [0.05, 0.1) is 29.3 Å². The van der Waals surface area contributed by atoms with E-state index in [1.165, 1.54) is 12.4 Å². The Morgan fingerprint density at radius 3 is 2.23 bits per heavy atom. The average molecular weight is 347 g/mol. The lowest BCUT2D eigenvalue weighted by molar-refractivity contribution is 0.102. The van der Waals surface area contributed by atoms with Crippen molar-refractivity contribution in [3.05, 3.63) is 78.4 Å². The summed E-state index contributed by atoms with van der Waals surface area (Å²) in [5, 5.41) is 8.14. The van der Waals surface area contributed by atoms with Crippen LogP contribution in [0.25, 0.3) is 0 Å². The number of nitrogens with one attached hydrogen (secondary N) is 3. The highest BCUT2D eigenvalue weighted by Gasteiger charge is 2.14. The smallest absolute Gasteiger partial charge is 0.320 e. The fourth-order valence-electron chi connectivity index (χ4n) is 2.28. The zero-order valence-electron chi connectivity index (χ0n) is 14.1. The number of carbonyl (C=O) groups excluding carboxylic acids is 2. The van der Waals surface area contributed by atoms with Crippen molar-refractivity contribution in [2.75, 3.05) is 16.0 Å². The molecule has 3 N–H and O–H groups in total. The number of urea groups is 1. The molecule has 0 radical (unpaired) electrons. The number of carbonyl (C=O) groups is 2. The minimum atomic E-state index is -0.462. The molecule has 0 saturated heterocycles. The first-order valence-electron chi connectivity index (χ1n) is 7.92. The lowest BCUT2D eigenvalue weighted by Gasteiger charge is -2.12. The first-order chi connectivity index (χ1) is 12.6. The predicted molar refractivity (Wildman–Crippen MR) is 100 cm³/mol. The molecule has 0 aliphatic rings. The summed E-state index contributed by atoms with van der Waals surface area (Å²) in [6.07, 6.45) is 6.14. The van der Waals surface area contributed by atoms with Gasteiger partial charge in [-0.2, -0.15) is 0 Å². The maximum Gasteiger partial charge on any atom is 0.323 e. The molecule has 7 nitrogen and oxygen atoms in total. The van der Waals surface area contributed by atoms with E-state index in [0.717, 1.165) is 5.56 Å². The Labute approximate surface area is 150 Å². The highest BCUT2D eigenvalue weighted by Crippen LogP contribution is 2.18. The zero-order valence-corrected chi connectivity index (χ0v) is 14.1. The molecule has 3 rings (SSSR count). The first kappa shape index (κ1) is 17.1. The number of nitrogens with zero attached hydrogens (tertiary/aromatic N) is 2. The second kappa shape index (κ2) is 7.89. The van der Waals surface area contributed by atoms with Crippen LogP contribution in [0, 0.1) is 6.92 Å². The Bertz CT molecular complexity index is 928. The molecule has 0 bridgehead atoms. The van der Waals surface area contributed by atoms with Crippen LogP contribution in [-0.2, 0) is 0 Å². The molecular weight excluding hydrogens is 330 g/mol. The average Bonchev–Trinajstić information content (AvgIpc) is 2.65. The van der Waals surface area contributed by atoms with Crippen LogP contribution in [0.3, 0.4) is 0 Å². The van der Waals surface area contributed by atoms with Crippen LogP contribution >= 0.6 is 0 Å². The number of hydrogen-bond acceptors (Lipinski definition) is 4. The number of aryl methyl sites for hydroxylation is 1. The molecule has 0 unspecified atom stereocenters. The van der Waals surface area contributed by atoms with Gasteiger partial charge in [0.25, 0.3) is 5.91 Å². The Hall–Kier alpha value is -3.74. The summed E-state index contributed by atoms with van der Waals surface area (Å²) in [4.78, 5) is 32.7. The Balaban J connectivity index is 1.74. The summed E-state index contributed by atoms with van der Waals surface area (Å²) in [7, 11) is 0. The summed E-state index contributed by atoms with van der Waals surface area (Å²) >= 11 is 0. The molecule has 0 aliphatic heterocycles. The quantitative estimate of drug-likeness (QED) is 0.671. The number of anilines is 3. The van der Waals surface area contributed by atoms with Gasteiger partial charge in [-0.25, -0.2) is 4.79 Å². The van der Waals surface area contributed by atoms with E-state index >= 15 is 0 Å². The van der Waals surface area contributed by atoms with Gasteiger partial charge in [0, 0.05) is 18.1 Å². The van der Waals surface area contributed by atoms with Crippen molar-refractivity contribution < 1.29 is 9.59 Å². The zero-order chi connectivity index (χ0) is 18.4. The summed E-state index contributed by atoms with van der Waals surface area (Å²) in [5.41, 5.74) is 2.74. The molecule has 0 atom stereocenters. The fraction of sp³-hybridized carbons (Fsp3) is 0.0526. The van der Waals surface area contributed by atoms with Crippen LogP contribution in [0.4, 0.5) is 21.9 Å². The lowest BCUT2D eigenvalue weighted by Crippen LogP contribution is -2.22. The van der Waals surface area contributed by atoms with Gasteiger partial charge in [-0.05, 0) is 36.8 Å². The summed E-state index contributed by atoms with van der Waals surface area (Å²) in [6, 6.07) is 11.9. The third-order valence-electron chi connectivity index (χ3n) is 3.63. The third-order valence-corrected chi connectivity index (χ3v) is 3.63. The second-order valence-electron chi connectivity index (χ2n) is 5.51. The Morgan fingerprint density at radius 2 is 1.50 bits per heavy atom. The lowest BCUT2D eigenvalue weighted by atomic mass is 10.2. The van der Waals surface area contributed by atoms with E-state index in [0.29, 0.717) is 22.6 Å². The number of hydrogen-bond donors (Lipinski definition) is 3. The van der Waals surface area contributed by atoms with Gasteiger partial charge < -0.3 is 16.0 Å². The van der Waals surface area contributed by atoms with E-state index in [-0.39, 0.29) is 5.91 Å². The van der Waals surface area contributed by atoms with Crippen LogP contribution < -0.4 is 16.0 Å². The Kier molecular flexibility index (Phi) is 5.19. The van der Waals surface area contributed by atoms with E-state index < -0.39 is 6.03 Å². The van der Waals surface area contributed by atoms with E-state index in [2.05, 4.69) is 25.9 Å². The second-order valence-corrected chi connectivity index (χ2v) is 5.51. The van der Waals surface area contributed by atoms with Gasteiger partial charge in [0.1, 0.15) is 0 Å². The van der Waals surface area contributed by atoms with Gasteiger partial charge >= 0.3 is 6.03 Å². The molecule has 0 aliphatic carbocycles. The van der Waals surface area contributed by atoms with E-state index in [4.69, 9.17) is 0 Å². The largest absolute Gasteiger partial charge is 0.323 e. The molecule has 1 aromatic carbocycles. The van der Waals surface area contributed by atoms with Gasteiger partial charge in [-0.1, -0.05) is 18.2 Å². The van der Waals surface area contributed by atoms with Crippen molar-refractivity contribution in [1.29, 1.82) is 0 Å². The van der Waals surface area contributed by atoms with Crippen molar-refractivity contribution in [3.63, 3.8) is 0 Å².